The number of benzene rings is 1. The van der Waals surface area contributed by atoms with E-state index >= 15 is 0 Å². The molecule has 0 aliphatic rings. The van der Waals surface area contributed by atoms with Crippen LogP contribution in [-0.2, 0) is 11.3 Å². The first-order chi connectivity index (χ1) is 8.67. The van der Waals surface area contributed by atoms with Gasteiger partial charge in [0.05, 0.1) is 7.11 Å². The molecule has 0 aliphatic carbocycles. The average molecular weight is 264 g/mol. The van der Waals surface area contributed by atoms with E-state index in [2.05, 4.69) is 0 Å². The third kappa shape index (κ3) is 2.27. The number of rotatable bonds is 3. The molecular weight excluding hydrogens is 250 g/mol. The lowest BCUT2D eigenvalue weighted by molar-refractivity contribution is 0.0589. The van der Waals surface area contributed by atoms with Crippen molar-refractivity contribution in [3.63, 3.8) is 0 Å². The number of ether oxygens (including phenoxy) is 1. The number of aromatic nitrogens is 1. The number of carbonyl (C=O) groups excluding carboxylic acids is 1. The zero-order valence-electron chi connectivity index (χ0n) is 10.3. The monoisotopic (exact) mass is 263 g/mol. The van der Waals surface area contributed by atoms with E-state index in [4.69, 9.17) is 16.3 Å². The topological polar surface area (TPSA) is 31.2 Å². The zero-order valence-corrected chi connectivity index (χ0v) is 11.1. The summed E-state index contributed by atoms with van der Waals surface area (Å²) in [7, 11) is 1.39. The molecule has 0 atom stereocenters. The molecule has 1 aromatic carbocycles. The highest BCUT2D eigenvalue weighted by Gasteiger charge is 2.15. The van der Waals surface area contributed by atoms with Crippen LogP contribution in [0.1, 0.15) is 17.4 Å². The number of hydrogen-bond donors (Lipinski definition) is 0. The minimum Gasteiger partial charge on any atom is -0.464 e. The van der Waals surface area contributed by atoms with Crippen molar-refractivity contribution >= 4 is 17.6 Å². The van der Waals surface area contributed by atoms with Crippen LogP contribution in [0.25, 0.3) is 11.3 Å². The Labute approximate surface area is 111 Å². The molecule has 0 aliphatic heterocycles. The molecule has 0 fully saturated rings. The minimum absolute atomic E-state index is 0.322. The maximum absolute atomic E-state index is 11.6. The first-order valence-electron chi connectivity index (χ1n) is 5.71. The SMILES string of the molecule is CCn1c(C(=O)OC)ccc1-c1ccc(Cl)cc1. The van der Waals surface area contributed by atoms with E-state index in [1.807, 2.05) is 41.8 Å². The van der Waals surface area contributed by atoms with Crippen molar-refractivity contribution in [1.82, 2.24) is 4.57 Å². The molecular formula is C14H14ClNO2. The van der Waals surface area contributed by atoms with Gasteiger partial charge in [0.25, 0.3) is 0 Å². The fourth-order valence-corrected chi connectivity index (χ4v) is 2.09. The molecule has 94 valence electrons. The Kier molecular flexibility index (Phi) is 3.72. The molecule has 4 heteroatoms. The summed E-state index contributed by atoms with van der Waals surface area (Å²) in [6.07, 6.45) is 0. The summed E-state index contributed by atoms with van der Waals surface area (Å²) in [6.45, 7) is 2.70. The van der Waals surface area contributed by atoms with E-state index in [0.29, 0.717) is 17.3 Å². The average Bonchev–Trinajstić information content (AvgIpc) is 2.82. The Morgan fingerprint density at radius 2 is 1.89 bits per heavy atom. The third-order valence-electron chi connectivity index (χ3n) is 2.83. The molecule has 18 heavy (non-hydrogen) atoms. The predicted molar refractivity (Wildman–Crippen MR) is 71.9 cm³/mol. The molecule has 0 radical (unpaired) electrons. The molecule has 1 heterocycles. The largest absolute Gasteiger partial charge is 0.464 e. The van der Waals surface area contributed by atoms with E-state index < -0.39 is 0 Å². The quantitative estimate of drug-likeness (QED) is 0.792. The van der Waals surface area contributed by atoms with Crippen LogP contribution in [0, 0.1) is 0 Å². The second kappa shape index (κ2) is 5.27. The van der Waals surface area contributed by atoms with Gasteiger partial charge in [0, 0.05) is 17.3 Å². The van der Waals surface area contributed by atoms with Gasteiger partial charge in [0.2, 0.25) is 0 Å². The molecule has 2 rings (SSSR count). The zero-order chi connectivity index (χ0) is 13.1. The summed E-state index contributed by atoms with van der Waals surface area (Å²) in [4.78, 5) is 11.6. The van der Waals surface area contributed by atoms with Gasteiger partial charge in [-0.2, -0.15) is 0 Å². The third-order valence-corrected chi connectivity index (χ3v) is 3.08. The van der Waals surface area contributed by atoms with Crippen molar-refractivity contribution in [3.05, 3.63) is 47.1 Å². The maximum Gasteiger partial charge on any atom is 0.354 e. The van der Waals surface area contributed by atoms with Gasteiger partial charge >= 0.3 is 5.97 Å². The van der Waals surface area contributed by atoms with Crippen LogP contribution in [0.5, 0.6) is 0 Å². The van der Waals surface area contributed by atoms with Gasteiger partial charge in [0.1, 0.15) is 5.69 Å². The van der Waals surface area contributed by atoms with Gasteiger partial charge in [-0.1, -0.05) is 23.7 Å². The standard InChI is InChI=1S/C14H14ClNO2/c1-3-16-12(8-9-13(16)14(17)18-2)10-4-6-11(15)7-5-10/h4-9H,3H2,1-2H3. The Hall–Kier alpha value is -1.74. The summed E-state index contributed by atoms with van der Waals surface area (Å²) >= 11 is 5.87. The van der Waals surface area contributed by atoms with Crippen LogP contribution < -0.4 is 0 Å². The molecule has 1 aromatic heterocycles. The number of halogens is 1. The maximum atomic E-state index is 11.6. The Balaban J connectivity index is 2.48. The van der Waals surface area contributed by atoms with E-state index in [1.165, 1.54) is 7.11 Å². The Morgan fingerprint density at radius 1 is 1.22 bits per heavy atom. The summed E-state index contributed by atoms with van der Waals surface area (Å²) in [5.41, 5.74) is 2.57. The second-order valence-electron chi connectivity index (χ2n) is 3.85. The molecule has 0 spiro atoms. The fourth-order valence-electron chi connectivity index (χ4n) is 1.96. The van der Waals surface area contributed by atoms with Crippen molar-refractivity contribution in [2.75, 3.05) is 7.11 Å². The van der Waals surface area contributed by atoms with Crippen LogP contribution in [-0.4, -0.2) is 17.6 Å². The highest BCUT2D eigenvalue weighted by atomic mass is 35.5. The summed E-state index contributed by atoms with van der Waals surface area (Å²) in [5, 5.41) is 0.696. The molecule has 0 unspecified atom stereocenters. The molecule has 0 N–H and O–H groups in total. The smallest absolute Gasteiger partial charge is 0.354 e. The van der Waals surface area contributed by atoms with E-state index in [-0.39, 0.29) is 5.97 Å². The van der Waals surface area contributed by atoms with E-state index in [0.717, 1.165) is 11.3 Å². The summed E-state index contributed by atoms with van der Waals surface area (Å²) < 4.78 is 6.69. The Bertz CT molecular complexity index is 558. The van der Waals surface area contributed by atoms with Crippen molar-refractivity contribution < 1.29 is 9.53 Å². The fraction of sp³-hybridized carbons (Fsp3) is 0.214. The minimum atomic E-state index is -0.322. The Morgan fingerprint density at radius 3 is 2.44 bits per heavy atom. The predicted octanol–water partition coefficient (Wildman–Crippen LogP) is 3.62. The van der Waals surface area contributed by atoms with Gasteiger partial charge in [-0.05, 0) is 36.8 Å². The number of methoxy groups -OCH3 is 1. The molecule has 3 nitrogen and oxygen atoms in total. The highest BCUT2D eigenvalue weighted by Crippen LogP contribution is 2.24. The van der Waals surface area contributed by atoms with Crippen molar-refractivity contribution in [2.24, 2.45) is 0 Å². The van der Waals surface area contributed by atoms with Crippen molar-refractivity contribution in [2.45, 2.75) is 13.5 Å². The number of esters is 1. The number of nitrogens with zero attached hydrogens (tertiary/aromatic N) is 1. The van der Waals surface area contributed by atoms with Crippen LogP contribution in [0.15, 0.2) is 36.4 Å². The summed E-state index contributed by atoms with van der Waals surface area (Å²) in [5.74, 6) is -0.322. The van der Waals surface area contributed by atoms with Crippen molar-refractivity contribution in [3.8, 4) is 11.3 Å². The lowest BCUT2D eigenvalue weighted by Gasteiger charge is -2.10. The number of hydrogen-bond acceptors (Lipinski definition) is 2. The molecule has 0 amide bonds. The lowest BCUT2D eigenvalue weighted by Crippen LogP contribution is -2.10. The second-order valence-corrected chi connectivity index (χ2v) is 4.28. The van der Waals surface area contributed by atoms with E-state index in [9.17, 15) is 4.79 Å². The molecule has 0 saturated carbocycles. The van der Waals surface area contributed by atoms with Gasteiger partial charge in [-0.15, -0.1) is 0 Å². The molecule has 0 bridgehead atoms. The van der Waals surface area contributed by atoms with Gasteiger partial charge < -0.3 is 9.30 Å². The molecule has 2 aromatic rings. The van der Waals surface area contributed by atoms with Crippen LogP contribution in [0.2, 0.25) is 5.02 Å². The number of carbonyl (C=O) groups is 1. The van der Waals surface area contributed by atoms with Crippen LogP contribution >= 0.6 is 11.6 Å². The highest BCUT2D eigenvalue weighted by molar-refractivity contribution is 6.30. The van der Waals surface area contributed by atoms with Gasteiger partial charge in [0.15, 0.2) is 0 Å². The van der Waals surface area contributed by atoms with Crippen LogP contribution in [0.4, 0.5) is 0 Å². The lowest BCUT2D eigenvalue weighted by atomic mass is 10.1. The van der Waals surface area contributed by atoms with Crippen LogP contribution in [0.3, 0.4) is 0 Å². The normalized spacial score (nSPS) is 10.4. The molecule has 0 saturated heterocycles. The van der Waals surface area contributed by atoms with Crippen molar-refractivity contribution in [1.29, 1.82) is 0 Å². The van der Waals surface area contributed by atoms with Gasteiger partial charge in [-0.3, -0.25) is 0 Å². The first kappa shape index (κ1) is 12.7. The first-order valence-corrected chi connectivity index (χ1v) is 6.09. The summed E-state index contributed by atoms with van der Waals surface area (Å²) in [6, 6.07) is 11.2. The van der Waals surface area contributed by atoms with E-state index in [1.54, 1.807) is 6.07 Å². The van der Waals surface area contributed by atoms with Gasteiger partial charge in [-0.25, -0.2) is 4.79 Å².